The molecule has 1 N–H and O–H groups in total. The Hall–Kier alpha value is -1.93. The average molecular weight is 514 g/mol. The smallest absolute Gasteiger partial charge is 0.251 e. The van der Waals surface area contributed by atoms with Crippen LogP contribution in [0.5, 0.6) is 5.75 Å². The molecule has 6 nitrogen and oxygen atoms in total. The molecular formula is C29H43N3O3S. The zero-order valence-corrected chi connectivity index (χ0v) is 23.4. The van der Waals surface area contributed by atoms with Gasteiger partial charge in [0, 0.05) is 37.0 Å². The minimum Gasteiger partial charge on any atom is -0.485 e. The highest BCUT2D eigenvalue weighted by Crippen LogP contribution is 2.38. The van der Waals surface area contributed by atoms with Gasteiger partial charge in [0.1, 0.15) is 18.0 Å². The summed E-state index contributed by atoms with van der Waals surface area (Å²) in [6, 6.07) is 13.0. The first-order chi connectivity index (χ1) is 17.3. The molecule has 1 aromatic carbocycles. The number of morpholine rings is 1. The van der Waals surface area contributed by atoms with Crippen molar-refractivity contribution in [1.82, 2.24) is 15.1 Å². The van der Waals surface area contributed by atoms with E-state index in [1.165, 1.54) is 10.4 Å². The Balaban J connectivity index is 1.38. The van der Waals surface area contributed by atoms with Crippen LogP contribution in [-0.2, 0) is 16.0 Å². The van der Waals surface area contributed by atoms with E-state index in [0.29, 0.717) is 12.5 Å². The molecule has 36 heavy (non-hydrogen) atoms. The SMILES string of the molecule is CNCC[C@@H](Oc1ccccc1CCN1CC[C@]2(CN(C(C)C)C(=O)[C@@H](C)O2)[C@@H](C)C1)c1cccs1. The third-order valence-electron chi connectivity index (χ3n) is 7.84. The number of nitrogens with one attached hydrogen (secondary N) is 1. The molecule has 0 saturated carbocycles. The van der Waals surface area contributed by atoms with Gasteiger partial charge in [-0.2, -0.15) is 0 Å². The second kappa shape index (κ2) is 12.1. The fraction of sp³-hybridized carbons (Fsp3) is 0.621. The highest BCUT2D eigenvalue weighted by Gasteiger charge is 2.49. The first-order valence-electron chi connectivity index (χ1n) is 13.5. The van der Waals surface area contributed by atoms with E-state index in [1.807, 2.05) is 18.9 Å². The van der Waals surface area contributed by atoms with Crippen molar-refractivity contribution in [2.45, 2.75) is 70.8 Å². The second-order valence-electron chi connectivity index (χ2n) is 10.7. The zero-order valence-electron chi connectivity index (χ0n) is 22.5. The average Bonchev–Trinajstić information content (AvgIpc) is 3.40. The number of piperidine rings is 1. The summed E-state index contributed by atoms with van der Waals surface area (Å²) in [5.41, 5.74) is 1.02. The molecule has 0 bridgehead atoms. The number of nitrogens with zero attached hydrogens (tertiary/aromatic N) is 2. The highest BCUT2D eigenvalue weighted by atomic mass is 32.1. The number of carbonyl (C=O) groups excluding carboxylic acids is 1. The Bertz CT molecular complexity index is 982. The molecule has 1 amide bonds. The maximum Gasteiger partial charge on any atom is 0.251 e. The Morgan fingerprint density at radius 1 is 1.22 bits per heavy atom. The Kier molecular flexibility index (Phi) is 9.10. The van der Waals surface area contributed by atoms with Crippen molar-refractivity contribution >= 4 is 17.2 Å². The van der Waals surface area contributed by atoms with E-state index >= 15 is 0 Å². The van der Waals surface area contributed by atoms with Crippen LogP contribution in [0, 0.1) is 5.92 Å². The molecule has 0 radical (unpaired) electrons. The van der Waals surface area contributed by atoms with Crippen LogP contribution in [0.4, 0.5) is 0 Å². The Morgan fingerprint density at radius 3 is 2.72 bits per heavy atom. The van der Waals surface area contributed by atoms with Crippen molar-refractivity contribution in [2.24, 2.45) is 5.92 Å². The standard InChI is InChI=1S/C29H43N3O3S/c1-21(2)32-20-29(35-23(4)28(32)33)14-17-31(19-22(29)3)16-13-24-9-6-7-10-25(24)34-26(12-15-30-5)27-11-8-18-36-27/h6-11,18,21-23,26,30H,12-17,19-20H2,1-5H3/t22-,23+,26+,29-/m0/s1. The molecule has 2 saturated heterocycles. The van der Waals surface area contributed by atoms with Gasteiger partial charge in [-0.1, -0.05) is 31.2 Å². The van der Waals surface area contributed by atoms with Gasteiger partial charge < -0.3 is 24.6 Å². The summed E-state index contributed by atoms with van der Waals surface area (Å²) in [6.45, 7) is 13.0. The third kappa shape index (κ3) is 6.13. The normalized spacial score (nSPS) is 26.1. The van der Waals surface area contributed by atoms with Crippen LogP contribution >= 0.6 is 11.3 Å². The first kappa shape index (κ1) is 27.1. The lowest BCUT2D eigenvalue weighted by atomic mass is 9.79. The van der Waals surface area contributed by atoms with Gasteiger partial charge in [-0.25, -0.2) is 0 Å². The molecular weight excluding hydrogens is 470 g/mol. The monoisotopic (exact) mass is 513 g/mol. The van der Waals surface area contributed by atoms with Crippen molar-refractivity contribution < 1.29 is 14.3 Å². The zero-order chi connectivity index (χ0) is 25.7. The van der Waals surface area contributed by atoms with E-state index in [-0.39, 0.29) is 29.8 Å². The van der Waals surface area contributed by atoms with E-state index in [9.17, 15) is 4.79 Å². The summed E-state index contributed by atoms with van der Waals surface area (Å²) in [6.07, 6.45) is 2.54. The molecule has 1 spiro atoms. The Morgan fingerprint density at radius 2 is 2.03 bits per heavy atom. The summed E-state index contributed by atoms with van der Waals surface area (Å²) < 4.78 is 13.0. The van der Waals surface area contributed by atoms with Crippen LogP contribution in [0.15, 0.2) is 41.8 Å². The van der Waals surface area contributed by atoms with Crippen LogP contribution in [-0.4, -0.2) is 73.2 Å². The fourth-order valence-corrected chi connectivity index (χ4v) is 6.38. The summed E-state index contributed by atoms with van der Waals surface area (Å²) in [4.78, 5) is 18.5. The van der Waals surface area contributed by atoms with Crippen LogP contribution in [0.2, 0.25) is 0 Å². The number of likely N-dealkylation sites (tertiary alicyclic amines) is 1. The lowest BCUT2D eigenvalue weighted by Gasteiger charge is -2.53. The maximum atomic E-state index is 12.6. The molecule has 2 aromatic rings. The molecule has 198 valence electrons. The van der Waals surface area contributed by atoms with Crippen molar-refractivity contribution in [2.75, 3.05) is 39.8 Å². The van der Waals surface area contributed by atoms with Gasteiger partial charge in [0.25, 0.3) is 5.91 Å². The van der Waals surface area contributed by atoms with E-state index in [0.717, 1.165) is 51.2 Å². The lowest BCUT2D eigenvalue weighted by Crippen LogP contribution is -2.65. The van der Waals surface area contributed by atoms with Gasteiger partial charge in [0.05, 0.1) is 12.1 Å². The molecule has 0 unspecified atom stereocenters. The summed E-state index contributed by atoms with van der Waals surface area (Å²) in [7, 11) is 1.99. The maximum absolute atomic E-state index is 12.6. The fourth-order valence-electron chi connectivity index (χ4n) is 5.59. The number of hydrogen-bond acceptors (Lipinski definition) is 6. The van der Waals surface area contributed by atoms with Crippen molar-refractivity contribution in [3.63, 3.8) is 0 Å². The number of hydrogen-bond donors (Lipinski definition) is 1. The summed E-state index contributed by atoms with van der Waals surface area (Å²) >= 11 is 1.76. The minimum absolute atomic E-state index is 0.0607. The van der Waals surface area contributed by atoms with Crippen molar-refractivity contribution in [1.29, 1.82) is 0 Å². The predicted molar refractivity (Wildman–Crippen MR) is 147 cm³/mol. The topological polar surface area (TPSA) is 54.0 Å². The van der Waals surface area contributed by atoms with Crippen LogP contribution < -0.4 is 10.1 Å². The molecule has 0 aliphatic carbocycles. The molecule has 2 aliphatic rings. The van der Waals surface area contributed by atoms with E-state index in [4.69, 9.17) is 9.47 Å². The number of amides is 1. The molecule has 2 aliphatic heterocycles. The van der Waals surface area contributed by atoms with E-state index in [1.54, 1.807) is 11.3 Å². The van der Waals surface area contributed by atoms with E-state index < -0.39 is 0 Å². The van der Waals surface area contributed by atoms with Gasteiger partial charge >= 0.3 is 0 Å². The highest BCUT2D eigenvalue weighted by molar-refractivity contribution is 7.10. The number of para-hydroxylation sites is 1. The van der Waals surface area contributed by atoms with Gasteiger partial charge in [-0.05, 0) is 76.2 Å². The molecule has 4 rings (SSSR count). The number of thiophene rings is 1. The third-order valence-corrected chi connectivity index (χ3v) is 8.81. The van der Waals surface area contributed by atoms with Crippen molar-refractivity contribution in [3.05, 3.63) is 52.2 Å². The minimum atomic E-state index is -0.363. The number of carbonyl (C=O) groups is 1. The van der Waals surface area contributed by atoms with Gasteiger partial charge in [0.2, 0.25) is 0 Å². The first-order valence-corrected chi connectivity index (χ1v) is 14.3. The summed E-state index contributed by atoms with van der Waals surface area (Å²) in [5, 5.41) is 5.38. The number of benzene rings is 1. The quantitative estimate of drug-likeness (QED) is 0.497. The lowest BCUT2D eigenvalue weighted by molar-refractivity contribution is -0.205. The van der Waals surface area contributed by atoms with Gasteiger partial charge in [-0.15, -0.1) is 11.3 Å². The van der Waals surface area contributed by atoms with E-state index in [2.05, 4.69) is 72.8 Å². The Labute approximate surface area is 221 Å². The van der Waals surface area contributed by atoms with Crippen LogP contribution in [0.1, 0.15) is 57.1 Å². The van der Waals surface area contributed by atoms with Crippen molar-refractivity contribution in [3.8, 4) is 5.75 Å². The molecule has 7 heteroatoms. The van der Waals surface area contributed by atoms with Crippen LogP contribution in [0.25, 0.3) is 0 Å². The summed E-state index contributed by atoms with van der Waals surface area (Å²) in [5.74, 6) is 1.47. The number of ether oxygens (including phenoxy) is 2. The molecule has 4 atom stereocenters. The second-order valence-corrected chi connectivity index (χ2v) is 11.7. The predicted octanol–water partition coefficient (Wildman–Crippen LogP) is 4.76. The molecule has 2 fully saturated rings. The van der Waals surface area contributed by atoms with Crippen LogP contribution in [0.3, 0.4) is 0 Å². The van der Waals surface area contributed by atoms with Gasteiger partial charge in [0.15, 0.2) is 0 Å². The largest absolute Gasteiger partial charge is 0.485 e. The molecule has 1 aromatic heterocycles. The number of rotatable bonds is 10. The van der Waals surface area contributed by atoms with Gasteiger partial charge in [-0.3, -0.25) is 4.79 Å². The molecule has 3 heterocycles.